The van der Waals surface area contributed by atoms with Crippen molar-refractivity contribution >= 4 is 11.7 Å². The maximum absolute atomic E-state index is 10.8. The van der Waals surface area contributed by atoms with Crippen molar-refractivity contribution in [3.8, 4) is 0 Å². The molecule has 0 spiro atoms. The Balaban J connectivity index is 2.80. The molecule has 3 nitrogen and oxygen atoms in total. The SMILES string of the molecule is CC1=NC(=O)NC(C)(C)C1. The van der Waals surface area contributed by atoms with Gasteiger partial charge in [-0.1, -0.05) is 0 Å². The Morgan fingerprint density at radius 3 is 2.60 bits per heavy atom. The molecule has 1 N–H and O–H groups in total. The van der Waals surface area contributed by atoms with Crippen LogP contribution in [-0.4, -0.2) is 17.3 Å². The van der Waals surface area contributed by atoms with Gasteiger partial charge in [0.1, 0.15) is 0 Å². The zero-order valence-corrected chi connectivity index (χ0v) is 6.56. The summed E-state index contributed by atoms with van der Waals surface area (Å²) in [7, 11) is 0. The maximum Gasteiger partial charge on any atom is 0.341 e. The van der Waals surface area contributed by atoms with Gasteiger partial charge >= 0.3 is 6.03 Å². The molecule has 0 saturated heterocycles. The fourth-order valence-corrected chi connectivity index (χ4v) is 1.21. The molecule has 0 radical (unpaired) electrons. The summed E-state index contributed by atoms with van der Waals surface area (Å²) in [5.41, 5.74) is 0.803. The molecule has 0 aliphatic carbocycles. The highest BCUT2D eigenvalue weighted by Crippen LogP contribution is 2.13. The van der Waals surface area contributed by atoms with E-state index < -0.39 is 0 Å². The summed E-state index contributed by atoms with van der Waals surface area (Å²) in [6, 6.07) is -0.214. The number of rotatable bonds is 0. The number of aliphatic imine (C=N–C) groups is 1. The number of hydrogen-bond acceptors (Lipinski definition) is 1. The summed E-state index contributed by atoms with van der Waals surface area (Å²) in [6.45, 7) is 5.85. The van der Waals surface area contributed by atoms with E-state index in [1.165, 1.54) is 0 Å². The van der Waals surface area contributed by atoms with Crippen molar-refractivity contribution in [2.24, 2.45) is 4.99 Å². The van der Waals surface area contributed by atoms with Crippen molar-refractivity contribution in [2.45, 2.75) is 32.7 Å². The maximum atomic E-state index is 10.8. The predicted octanol–water partition coefficient (Wildman–Crippen LogP) is 1.34. The molecule has 1 rings (SSSR count). The number of carbonyl (C=O) groups is 1. The van der Waals surface area contributed by atoms with Crippen LogP contribution in [0.15, 0.2) is 4.99 Å². The highest BCUT2D eigenvalue weighted by Gasteiger charge is 2.25. The molecule has 56 valence electrons. The van der Waals surface area contributed by atoms with Crippen LogP contribution in [0.25, 0.3) is 0 Å². The minimum atomic E-state index is -0.214. The first-order chi connectivity index (χ1) is 4.49. The average molecular weight is 140 g/mol. The summed E-state index contributed by atoms with van der Waals surface area (Å²) in [4.78, 5) is 14.5. The third-order valence-corrected chi connectivity index (χ3v) is 1.44. The standard InChI is InChI=1S/C7H12N2O/c1-5-4-7(2,3)9-6(10)8-5/h4H2,1-3H3,(H,9,10). The van der Waals surface area contributed by atoms with Gasteiger partial charge in [0.05, 0.1) is 0 Å². The van der Waals surface area contributed by atoms with Gasteiger partial charge < -0.3 is 5.32 Å². The molecule has 0 saturated carbocycles. The number of hydrogen-bond donors (Lipinski definition) is 1. The molecule has 1 heterocycles. The third-order valence-electron chi connectivity index (χ3n) is 1.44. The van der Waals surface area contributed by atoms with E-state index in [4.69, 9.17) is 0 Å². The van der Waals surface area contributed by atoms with Gasteiger partial charge in [-0.05, 0) is 20.8 Å². The van der Waals surface area contributed by atoms with Gasteiger partial charge in [-0.2, -0.15) is 0 Å². The van der Waals surface area contributed by atoms with Crippen molar-refractivity contribution in [3.63, 3.8) is 0 Å². The van der Waals surface area contributed by atoms with Crippen LogP contribution in [0.2, 0.25) is 0 Å². The highest BCUT2D eigenvalue weighted by atomic mass is 16.2. The Morgan fingerprint density at radius 2 is 2.20 bits per heavy atom. The molecule has 0 aromatic rings. The first-order valence-electron chi connectivity index (χ1n) is 3.36. The molecule has 3 heteroatoms. The molecule has 0 aromatic heterocycles. The van der Waals surface area contributed by atoms with Gasteiger partial charge in [-0.25, -0.2) is 9.79 Å². The Bertz CT molecular complexity index is 194. The Morgan fingerprint density at radius 1 is 1.60 bits per heavy atom. The van der Waals surface area contributed by atoms with Gasteiger partial charge in [0.15, 0.2) is 0 Å². The van der Waals surface area contributed by atoms with Crippen molar-refractivity contribution in [1.82, 2.24) is 5.32 Å². The minimum absolute atomic E-state index is 0.108. The topological polar surface area (TPSA) is 41.5 Å². The molecule has 2 amide bonds. The van der Waals surface area contributed by atoms with Crippen molar-refractivity contribution in [3.05, 3.63) is 0 Å². The number of urea groups is 1. The lowest BCUT2D eigenvalue weighted by Gasteiger charge is -2.28. The predicted molar refractivity (Wildman–Crippen MR) is 40.3 cm³/mol. The monoisotopic (exact) mass is 140 g/mol. The fourth-order valence-electron chi connectivity index (χ4n) is 1.21. The van der Waals surface area contributed by atoms with E-state index in [1.54, 1.807) is 0 Å². The summed E-state index contributed by atoms with van der Waals surface area (Å²) in [6.07, 6.45) is 0.846. The second-order valence-electron chi connectivity index (χ2n) is 3.34. The van der Waals surface area contributed by atoms with Gasteiger partial charge in [0, 0.05) is 17.7 Å². The van der Waals surface area contributed by atoms with E-state index in [9.17, 15) is 4.79 Å². The Hall–Kier alpha value is -0.860. The largest absolute Gasteiger partial charge is 0.341 e. The molecular weight excluding hydrogens is 128 g/mol. The smallest absolute Gasteiger partial charge is 0.331 e. The molecule has 0 fully saturated rings. The molecule has 0 atom stereocenters. The van der Waals surface area contributed by atoms with Crippen LogP contribution in [0, 0.1) is 0 Å². The van der Waals surface area contributed by atoms with E-state index in [1.807, 2.05) is 20.8 Å². The van der Waals surface area contributed by atoms with Gasteiger partial charge in [-0.15, -0.1) is 0 Å². The number of amides is 2. The molecule has 0 aromatic carbocycles. The zero-order chi connectivity index (χ0) is 7.78. The van der Waals surface area contributed by atoms with Crippen LogP contribution in [-0.2, 0) is 0 Å². The Labute approximate surface area is 60.5 Å². The van der Waals surface area contributed by atoms with E-state index in [0.717, 1.165) is 12.1 Å². The van der Waals surface area contributed by atoms with E-state index in [-0.39, 0.29) is 11.6 Å². The molecule has 1 aliphatic heterocycles. The summed E-state index contributed by atoms with van der Waals surface area (Å²) in [5.74, 6) is 0. The number of carbonyl (C=O) groups excluding carboxylic acids is 1. The molecule has 10 heavy (non-hydrogen) atoms. The summed E-state index contributed by atoms with van der Waals surface area (Å²) in [5, 5.41) is 2.76. The van der Waals surface area contributed by atoms with Crippen LogP contribution >= 0.6 is 0 Å². The second-order valence-corrected chi connectivity index (χ2v) is 3.34. The minimum Gasteiger partial charge on any atom is -0.331 e. The van der Waals surface area contributed by atoms with E-state index in [0.29, 0.717) is 0 Å². The van der Waals surface area contributed by atoms with Crippen LogP contribution in [0.3, 0.4) is 0 Å². The Kier molecular flexibility index (Phi) is 1.50. The van der Waals surface area contributed by atoms with Crippen molar-refractivity contribution in [2.75, 3.05) is 0 Å². The van der Waals surface area contributed by atoms with Crippen LogP contribution in [0.4, 0.5) is 4.79 Å². The lowest BCUT2D eigenvalue weighted by atomic mass is 9.97. The first kappa shape index (κ1) is 7.25. The van der Waals surface area contributed by atoms with Gasteiger partial charge in [0.25, 0.3) is 0 Å². The quantitative estimate of drug-likeness (QED) is 0.542. The zero-order valence-electron chi connectivity index (χ0n) is 6.56. The van der Waals surface area contributed by atoms with Crippen molar-refractivity contribution < 1.29 is 4.79 Å². The lowest BCUT2D eigenvalue weighted by Crippen LogP contribution is -2.46. The van der Waals surface area contributed by atoms with Gasteiger partial charge in [0.2, 0.25) is 0 Å². The van der Waals surface area contributed by atoms with E-state index in [2.05, 4.69) is 10.3 Å². The second kappa shape index (κ2) is 2.08. The van der Waals surface area contributed by atoms with Gasteiger partial charge in [-0.3, -0.25) is 0 Å². The van der Waals surface area contributed by atoms with Crippen LogP contribution < -0.4 is 5.32 Å². The average Bonchev–Trinajstić information content (AvgIpc) is 1.54. The highest BCUT2D eigenvalue weighted by molar-refractivity contribution is 5.97. The number of nitrogens with zero attached hydrogens (tertiary/aromatic N) is 1. The summed E-state index contributed by atoms with van der Waals surface area (Å²) < 4.78 is 0. The molecule has 0 bridgehead atoms. The van der Waals surface area contributed by atoms with Crippen molar-refractivity contribution in [1.29, 1.82) is 0 Å². The first-order valence-corrected chi connectivity index (χ1v) is 3.36. The third kappa shape index (κ3) is 1.56. The van der Waals surface area contributed by atoms with Crippen LogP contribution in [0.5, 0.6) is 0 Å². The molecule has 0 unspecified atom stereocenters. The molecular formula is C7H12N2O. The molecule has 1 aliphatic rings. The normalized spacial score (nSPS) is 23.5. The number of nitrogens with one attached hydrogen (secondary N) is 1. The summed E-state index contributed by atoms with van der Waals surface area (Å²) >= 11 is 0. The fraction of sp³-hybridized carbons (Fsp3) is 0.714. The van der Waals surface area contributed by atoms with E-state index >= 15 is 0 Å². The van der Waals surface area contributed by atoms with Crippen LogP contribution in [0.1, 0.15) is 27.2 Å². The lowest BCUT2D eigenvalue weighted by molar-refractivity contribution is 0.236.